The highest BCUT2D eigenvalue weighted by Gasteiger charge is 2.33. The van der Waals surface area contributed by atoms with Crippen LogP contribution < -0.4 is 15.6 Å². The van der Waals surface area contributed by atoms with Crippen molar-refractivity contribution in [2.75, 3.05) is 30.9 Å². The predicted molar refractivity (Wildman–Crippen MR) is 134 cm³/mol. The van der Waals surface area contributed by atoms with E-state index in [9.17, 15) is 18.8 Å². The molecule has 1 saturated heterocycles. The first-order chi connectivity index (χ1) is 17.4. The zero-order valence-corrected chi connectivity index (χ0v) is 20.0. The van der Waals surface area contributed by atoms with E-state index in [-0.39, 0.29) is 36.2 Å². The normalized spacial score (nSPS) is 17.8. The summed E-state index contributed by atoms with van der Waals surface area (Å²) in [6.07, 6.45) is 3.39. The minimum atomic E-state index is -0.634. The fourth-order valence-corrected chi connectivity index (χ4v) is 4.15. The molecule has 1 atom stereocenters. The van der Waals surface area contributed by atoms with Gasteiger partial charge in [0, 0.05) is 11.6 Å². The number of halogens is 1. The SMILES string of the molecule is CON=Cc1ccc(C=CC(=O)NC[C@H]2CN(c3ccc(C4=NNC(=O)CS4)c(F)c3)C(=O)O2)cc1. The third-order valence-electron chi connectivity index (χ3n) is 5.17. The topological polar surface area (TPSA) is 122 Å². The number of nitrogens with zero attached hydrogens (tertiary/aromatic N) is 3. The quantitative estimate of drug-likeness (QED) is 0.319. The van der Waals surface area contributed by atoms with Gasteiger partial charge in [0.25, 0.3) is 5.91 Å². The van der Waals surface area contributed by atoms with Gasteiger partial charge in [0.2, 0.25) is 5.91 Å². The van der Waals surface area contributed by atoms with Gasteiger partial charge < -0.3 is 14.9 Å². The van der Waals surface area contributed by atoms with Crippen molar-refractivity contribution < 1.29 is 28.3 Å². The monoisotopic (exact) mass is 511 g/mol. The molecule has 1 fully saturated rings. The van der Waals surface area contributed by atoms with E-state index in [0.29, 0.717) is 10.7 Å². The number of carbonyl (C=O) groups is 3. The summed E-state index contributed by atoms with van der Waals surface area (Å²) in [4.78, 5) is 41.7. The van der Waals surface area contributed by atoms with E-state index in [2.05, 4.69) is 25.8 Å². The van der Waals surface area contributed by atoms with Crippen LogP contribution in [0.25, 0.3) is 6.08 Å². The average Bonchev–Trinajstić information content (AvgIpc) is 3.26. The highest BCUT2D eigenvalue weighted by Crippen LogP contribution is 2.26. The lowest BCUT2D eigenvalue weighted by atomic mass is 10.1. The van der Waals surface area contributed by atoms with Crippen LogP contribution in [0.3, 0.4) is 0 Å². The van der Waals surface area contributed by atoms with Gasteiger partial charge in [-0.25, -0.2) is 14.6 Å². The fraction of sp³-hybridized carbons (Fsp3) is 0.208. The van der Waals surface area contributed by atoms with Crippen molar-refractivity contribution in [3.05, 3.63) is 71.0 Å². The number of benzene rings is 2. The first kappa shape index (κ1) is 24.9. The summed E-state index contributed by atoms with van der Waals surface area (Å²) in [7, 11) is 1.46. The van der Waals surface area contributed by atoms with Crippen molar-refractivity contribution in [3.63, 3.8) is 0 Å². The van der Waals surface area contributed by atoms with Gasteiger partial charge >= 0.3 is 6.09 Å². The van der Waals surface area contributed by atoms with E-state index >= 15 is 0 Å². The lowest BCUT2D eigenvalue weighted by molar-refractivity contribution is -0.118. The summed E-state index contributed by atoms with van der Waals surface area (Å²) >= 11 is 1.13. The molecule has 10 nitrogen and oxygen atoms in total. The van der Waals surface area contributed by atoms with Crippen LogP contribution in [-0.4, -0.2) is 61.2 Å². The van der Waals surface area contributed by atoms with Crippen molar-refractivity contribution in [2.24, 2.45) is 10.3 Å². The number of anilines is 1. The zero-order chi connectivity index (χ0) is 25.5. The molecular weight excluding hydrogens is 489 g/mol. The highest BCUT2D eigenvalue weighted by atomic mass is 32.2. The minimum absolute atomic E-state index is 0.103. The Morgan fingerprint density at radius 2 is 2.08 bits per heavy atom. The number of oxime groups is 1. The fourth-order valence-electron chi connectivity index (χ4n) is 3.39. The molecule has 0 radical (unpaired) electrons. The molecular formula is C24H22FN5O5S. The number of thioether (sulfide) groups is 1. The molecule has 2 aromatic rings. The van der Waals surface area contributed by atoms with Gasteiger partial charge in [0.15, 0.2) is 0 Å². The number of amides is 3. The Bertz CT molecular complexity index is 1250. The standard InChI is InChI=1S/C24H22FN5O5S/c1-34-27-11-16-4-2-15(3-5-16)6-9-21(31)26-12-18-13-30(24(33)35-18)17-7-8-19(20(25)10-17)23-29-28-22(32)14-36-23/h2-11,18H,12-14H2,1H3,(H,26,31)(H,28,32)/t18-/m0/s1. The van der Waals surface area contributed by atoms with Crippen molar-refractivity contribution in [1.29, 1.82) is 0 Å². The molecule has 12 heteroatoms. The number of nitrogens with one attached hydrogen (secondary N) is 2. The largest absolute Gasteiger partial charge is 0.442 e. The molecule has 0 spiro atoms. The Balaban J connectivity index is 1.30. The van der Waals surface area contributed by atoms with Crippen LogP contribution in [0.15, 0.2) is 58.8 Å². The van der Waals surface area contributed by atoms with Crippen LogP contribution >= 0.6 is 11.8 Å². The predicted octanol–water partition coefficient (Wildman–Crippen LogP) is 2.49. The Morgan fingerprint density at radius 1 is 1.31 bits per heavy atom. The Morgan fingerprint density at radius 3 is 2.78 bits per heavy atom. The summed E-state index contributed by atoms with van der Waals surface area (Å²) in [5.41, 5.74) is 4.54. The third kappa shape index (κ3) is 6.27. The molecule has 186 valence electrons. The molecule has 3 amide bonds. The molecule has 0 aromatic heterocycles. The molecule has 2 N–H and O–H groups in total. The molecule has 2 heterocycles. The van der Waals surface area contributed by atoms with E-state index in [0.717, 1.165) is 22.9 Å². The summed E-state index contributed by atoms with van der Waals surface area (Å²) in [5, 5.41) is 10.6. The molecule has 2 aromatic carbocycles. The molecule has 2 aliphatic rings. The highest BCUT2D eigenvalue weighted by molar-refractivity contribution is 8.15. The van der Waals surface area contributed by atoms with Gasteiger partial charge in [0.05, 0.1) is 30.7 Å². The summed E-state index contributed by atoms with van der Waals surface area (Å²) < 4.78 is 20.0. The number of cyclic esters (lactones) is 1. The third-order valence-corrected chi connectivity index (χ3v) is 6.16. The maximum absolute atomic E-state index is 14.7. The first-order valence-corrected chi connectivity index (χ1v) is 11.8. The number of rotatable bonds is 8. The Kier molecular flexibility index (Phi) is 7.95. The summed E-state index contributed by atoms with van der Waals surface area (Å²) in [5.74, 6) is -1.03. The molecule has 2 aliphatic heterocycles. The molecule has 0 bridgehead atoms. The number of hydrogen-bond acceptors (Lipinski definition) is 8. The van der Waals surface area contributed by atoms with Crippen LogP contribution in [-0.2, 0) is 19.2 Å². The number of hydrazone groups is 1. The second-order valence-electron chi connectivity index (χ2n) is 7.68. The zero-order valence-electron chi connectivity index (χ0n) is 19.1. The van der Waals surface area contributed by atoms with Crippen molar-refractivity contribution >= 4 is 52.7 Å². The second kappa shape index (κ2) is 11.5. The van der Waals surface area contributed by atoms with Crippen molar-refractivity contribution in [1.82, 2.24) is 10.7 Å². The molecule has 4 rings (SSSR count). The molecule has 0 unspecified atom stereocenters. The summed E-state index contributed by atoms with van der Waals surface area (Å²) in [6.45, 7) is 0.253. The lowest BCUT2D eigenvalue weighted by Gasteiger charge is -2.16. The van der Waals surface area contributed by atoms with E-state index in [1.807, 2.05) is 24.3 Å². The average molecular weight is 512 g/mol. The van der Waals surface area contributed by atoms with E-state index in [1.54, 1.807) is 18.4 Å². The molecule has 0 aliphatic carbocycles. The van der Waals surface area contributed by atoms with Crippen LogP contribution in [0.1, 0.15) is 16.7 Å². The van der Waals surface area contributed by atoms with Crippen LogP contribution in [0.2, 0.25) is 0 Å². The van der Waals surface area contributed by atoms with Crippen LogP contribution in [0.4, 0.5) is 14.9 Å². The van der Waals surface area contributed by atoms with Crippen molar-refractivity contribution in [2.45, 2.75) is 6.10 Å². The minimum Gasteiger partial charge on any atom is -0.442 e. The van der Waals surface area contributed by atoms with Gasteiger partial charge in [-0.05, 0) is 35.4 Å². The van der Waals surface area contributed by atoms with Crippen LogP contribution in [0, 0.1) is 5.82 Å². The van der Waals surface area contributed by atoms with Gasteiger partial charge in [0.1, 0.15) is 24.1 Å². The smallest absolute Gasteiger partial charge is 0.414 e. The van der Waals surface area contributed by atoms with Gasteiger partial charge in [-0.1, -0.05) is 41.2 Å². The molecule has 36 heavy (non-hydrogen) atoms. The Hall–Kier alpha value is -4.19. The number of ether oxygens (including phenoxy) is 1. The second-order valence-corrected chi connectivity index (χ2v) is 8.65. The van der Waals surface area contributed by atoms with E-state index < -0.39 is 18.0 Å². The van der Waals surface area contributed by atoms with Gasteiger partial charge in [-0.3, -0.25) is 14.5 Å². The number of hydrogen-bond donors (Lipinski definition) is 2. The van der Waals surface area contributed by atoms with Gasteiger partial charge in [-0.2, -0.15) is 5.10 Å². The maximum atomic E-state index is 14.7. The van der Waals surface area contributed by atoms with E-state index in [4.69, 9.17) is 4.74 Å². The Labute approximate surface area is 210 Å². The summed E-state index contributed by atoms with van der Waals surface area (Å²) in [6, 6.07) is 11.6. The maximum Gasteiger partial charge on any atom is 0.414 e. The molecule has 0 saturated carbocycles. The lowest BCUT2D eigenvalue weighted by Crippen LogP contribution is -2.33. The van der Waals surface area contributed by atoms with Gasteiger partial charge in [-0.15, -0.1) is 0 Å². The van der Waals surface area contributed by atoms with E-state index in [1.165, 1.54) is 30.2 Å². The number of carbonyl (C=O) groups excluding carboxylic acids is 3. The first-order valence-electron chi connectivity index (χ1n) is 10.8. The van der Waals surface area contributed by atoms with Crippen LogP contribution in [0.5, 0.6) is 0 Å². The van der Waals surface area contributed by atoms with Crippen molar-refractivity contribution in [3.8, 4) is 0 Å².